The van der Waals surface area contributed by atoms with Crippen LogP contribution >= 0.6 is 0 Å². The van der Waals surface area contributed by atoms with Crippen molar-refractivity contribution in [2.45, 2.75) is 25.0 Å². The molecule has 0 aliphatic heterocycles. The Bertz CT molecular complexity index is 622. The van der Waals surface area contributed by atoms with E-state index >= 15 is 0 Å². The molecule has 9 nitrogen and oxygen atoms in total. The van der Waals surface area contributed by atoms with Gasteiger partial charge in [0.15, 0.2) is 0 Å². The first-order valence-electron chi connectivity index (χ1n) is 4.89. The highest BCUT2D eigenvalue weighted by atomic mass is 32.3. The molecule has 0 spiro atoms. The Morgan fingerprint density at radius 1 is 1.42 bits per heavy atom. The summed E-state index contributed by atoms with van der Waals surface area (Å²) in [6, 6.07) is 0. The maximum Gasteiger partial charge on any atom is 0.407 e. The highest BCUT2D eigenvalue weighted by molar-refractivity contribution is 7.85. The van der Waals surface area contributed by atoms with Crippen LogP contribution in [0.3, 0.4) is 0 Å². The molecule has 2 N–H and O–H groups in total. The molecule has 0 saturated carbocycles. The molecule has 0 amide bonds. The maximum absolute atomic E-state index is 11.0. The van der Waals surface area contributed by atoms with Gasteiger partial charge in [0, 0.05) is 0 Å². The fourth-order valence-electron chi connectivity index (χ4n) is 1.26. The van der Waals surface area contributed by atoms with E-state index in [0.717, 1.165) is 6.42 Å². The predicted molar refractivity (Wildman–Crippen MR) is 63.4 cm³/mol. The van der Waals surface area contributed by atoms with E-state index in [4.69, 9.17) is 22.1 Å². The smallest absolute Gasteiger partial charge is 0.407 e. The minimum Gasteiger partial charge on any atom is -0.726 e. The van der Waals surface area contributed by atoms with Gasteiger partial charge in [-0.25, -0.2) is 13.0 Å². The van der Waals surface area contributed by atoms with Crippen LogP contribution in [0.25, 0.3) is 6.20 Å². The average molecular weight is 314 g/mol. The van der Waals surface area contributed by atoms with Crippen molar-refractivity contribution in [1.82, 2.24) is 4.57 Å². The van der Waals surface area contributed by atoms with Crippen molar-refractivity contribution in [2.24, 2.45) is 0 Å². The quantitative estimate of drug-likeness (QED) is 0.435. The number of aromatic nitrogens is 2. The summed E-state index contributed by atoms with van der Waals surface area (Å²) in [7, 11) is -9.12. The first kappa shape index (κ1) is 17.7. The van der Waals surface area contributed by atoms with Crippen LogP contribution in [-0.2, 0) is 27.1 Å². The number of hydrogen-bond donors (Lipinski definition) is 2. The average Bonchev–Trinajstić information content (AvgIpc) is 2.58. The first-order chi connectivity index (χ1) is 8.50. The van der Waals surface area contributed by atoms with Crippen LogP contribution in [0.5, 0.6) is 0 Å². The molecule has 0 aliphatic rings. The van der Waals surface area contributed by atoms with E-state index in [1.165, 1.54) is 21.5 Å². The first-order valence-corrected chi connectivity index (χ1v) is 7.69. The number of aryl methyl sites for hydroxylation is 1. The zero-order valence-corrected chi connectivity index (χ0v) is 11.6. The largest absolute Gasteiger partial charge is 0.726 e. The molecule has 11 heteroatoms. The van der Waals surface area contributed by atoms with Gasteiger partial charge in [0.1, 0.15) is 12.4 Å². The molecule has 110 valence electrons. The lowest BCUT2D eigenvalue weighted by Crippen LogP contribution is -2.38. The predicted octanol–water partition coefficient (Wildman–Crippen LogP) is -0.463. The van der Waals surface area contributed by atoms with Crippen molar-refractivity contribution in [3.05, 3.63) is 19.0 Å². The Morgan fingerprint density at radius 2 is 1.89 bits per heavy atom. The minimum atomic E-state index is -4.92. The van der Waals surface area contributed by atoms with Crippen molar-refractivity contribution in [3.63, 3.8) is 0 Å². The summed E-state index contributed by atoms with van der Waals surface area (Å²) in [6.07, 6.45) is 5.24. The van der Waals surface area contributed by atoms with Crippen LogP contribution in [0, 0.1) is 0 Å². The van der Waals surface area contributed by atoms with E-state index in [-0.39, 0.29) is 5.16 Å². The molecule has 19 heavy (non-hydrogen) atoms. The summed E-state index contributed by atoms with van der Waals surface area (Å²) in [5, 5.41) is -0.158. The summed E-state index contributed by atoms with van der Waals surface area (Å²) in [5.41, 5.74) is 0. The highest BCUT2D eigenvalue weighted by Gasteiger charge is 2.27. The molecule has 0 fully saturated rings. The van der Waals surface area contributed by atoms with Gasteiger partial charge in [-0.05, 0) is 6.42 Å². The van der Waals surface area contributed by atoms with Gasteiger partial charge in [-0.1, -0.05) is 13.5 Å². The highest BCUT2D eigenvalue weighted by Crippen LogP contribution is 2.04. The molecule has 0 unspecified atom stereocenters. The van der Waals surface area contributed by atoms with Crippen LogP contribution in [0.15, 0.2) is 24.1 Å². The molecular formula is C8H14N2O7S2. The van der Waals surface area contributed by atoms with Gasteiger partial charge < -0.3 is 4.55 Å². The summed E-state index contributed by atoms with van der Waals surface area (Å²) in [5.74, 6) is 0. The Labute approximate surface area is 111 Å². The van der Waals surface area contributed by atoms with Gasteiger partial charge in [-0.3, -0.25) is 9.11 Å². The molecule has 0 bridgehead atoms. The molecule has 0 aromatic carbocycles. The van der Waals surface area contributed by atoms with E-state index in [0.29, 0.717) is 6.54 Å². The van der Waals surface area contributed by atoms with Gasteiger partial charge >= 0.3 is 15.3 Å². The van der Waals surface area contributed by atoms with Gasteiger partial charge in [0.05, 0.1) is 12.7 Å². The van der Waals surface area contributed by atoms with Crippen molar-refractivity contribution >= 4 is 26.7 Å². The Hall–Kier alpha value is -1.27. The third-order valence-electron chi connectivity index (χ3n) is 1.77. The lowest BCUT2D eigenvalue weighted by atomic mass is 10.5. The standard InChI is InChI=1S/C8H12N2O3S.H2O4S/c1-3-5-10-7-6-9(4-2)8(10)14(11,12)13;1-5(2,3)4/h4,6-7H,2-3,5H2,1H3;(H2,1,2,3,4). The lowest BCUT2D eigenvalue weighted by Gasteiger charge is -1.97. The molecule has 1 rings (SSSR count). The van der Waals surface area contributed by atoms with Gasteiger partial charge in [-0.15, -0.1) is 0 Å². The van der Waals surface area contributed by atoms with Crippen molar-refractivity contribution in [3.8, 4) is 0 Å². The van der Waals surface area contributed by atoms with E-state index in [1.807, 2.05) is 6.92 Å². The summed E-state index contributed by atoms with van der Waals surface area (Å²) in [4.78, 5) is 0. The molecule has 1 aromatic heterocycles. The van der Waals surface area contributed by atoms with Crippen LogP contribution in [0.2, 0.25) is 0 Å². The zero-order chi connectivity index (χ0) is 15.3. The monoisotopic (exact) mass is 314 g/mol. The second-order valence-electron chi connectivity index (χ2n) is 3.27. The fourth-order valence-corrected chi connectivity index (χ4v) is 2.11. The third-order valence-corrected chi connectivity index (χ3v) is 2.67. The van der Waals surface area contributed by atoms with Crippen LogP contribution in [-0.4, -0.2) is 35.1 Å². The lowest BCUT2D eigenvalue weighted by molar-refractivity contribution is -0.734. The Balaban J connectivity index is 0.000000555. The SMILES string of the molecule is C=Cn1cc[n+](CCC)c1S(=O)(=O)O.O=S(=O)([O-])O. The number of rotatable bonds is 4. The molecular weight excluding hydrogens is 300 g/mol. The molecule has 0 atom stereocenters. The molecule has 0 radical (unpaired) electrons. The number of imidazole rings is 1. The van der Waals surface area contributed by atoms with Gasteiger partial charge in [-0.2, -0.15) is 13.0 Å². The summed E-state index contributed by atoms with van der Waals surface area (Å²) in [6.45, 7) is 5.91. The second-order valence-corrected chi connectivity index (χ2v) is 5.44. The Morgan fingerprint density at radius 3 is 2.21 bits per heavy atom. The zero-order valence-electron chi connectivity index (χ0n) is 10.00. The number of nitrogens with zero attached hydrogens (tertiary/aromatic N) is 2. The summed E-state index contributed by atoms with van der Waals surface area (Å²) >= 11 is 0. The second kappa shape index (κ2) is 6.77. The van der Waals surface area contributed by atoms with E-state index in [2.05, 4.69) is 6.58 Å². The minimum absolute atomic E-state index is 0.158. The normalized spacial score (nSPS) is 11.6. The van der Waals surface area contributed by atoms with Crippen LogP contribution in [0.1, 0.15) is 13.3 Å². The van der Waals surface area contributed by atoms with E-state index < -0.39 is 20.5 Å². The van der Waals surface area contributed by atoms with Crippen molar-refractivity contribution < 1.29 is 35.1 Å². The molecule has 0 saturated heterocycles. The van der Waals surface area contributed by atoms with Gasteiger partial charge in [0.25, 0.3) is 0 Å². The van der Waals surface area contributed by atoms with Gasteiger partial charge in [0.2, 0.25) is 10.4 Å². The third kappa shape index (κ3) is 7.03. The van der Waals surface area contributed by atoms with Crippen LogP contribution in [0.4, 0.5) is 0 Å². The molecule has 1 aromatic rings. The van der Waals surface area contributed by atoms with Crippen molar-refractivity contribution in [1.29, 1.82) is 0 Å². The van der Waals surface area contributed by atoms with E-state index in [9.17, 15) is 8.42 Å². The van der Waals surface area contributed by atoms with E-state index in [1.54, 1.807) is 6.20 Å². The molecule has 1 heterocycles. The topological polar surface area (TPSA) is 141 Å². The maximum atomic E-state index is 11.0. The van der Waals surface area contributed by atoms with Crippen LogP contribution < -0.4 is 4.57 Å². The Kier molecular flexibility index (Phi) is 6.32. The molecule has 0 aliphatic carbocycles. The fraction of sp³-hybridized carbons (Fsp3) is 0.375. The number of hydrogen-bond acceptors (Lipinski definition) is 5. The van der Waals surface area contributed by atoms with Crippen molar-refractivity contribution in [2.75, 3.05) is 0 Å². The summed E-state index contributed by atoms with van der Waals surface area (Å²) < 4.78 is 66.6.